The first kappa shape index (κ1) is 12.3. The molecule has 0 aliphatic heterocycles. The fourth-order valence-electron chi connectivity index (χ4n) is 1.91. The summed E-state index contributed by atoms with van der Waals surface area (Å²) in [6.45, 7) is 7.31. The Bertz CT molecular complexity index is 198. The van der Waals surface area contributed by atoms with Gasteiger partial charge in [-0.1, -0.05) is 20.8 Å². The highest BCUT2D eigenvalue weighted by Crippen LogP contribution is 2.20. The standard InChI is InChI=1S/C12H24N2O/c1-4-9-14(11(5-2)6-3)12(15)13-10-7-8-10/h10-11H,4-9H2,1-3H3,(H,13,15). The van der Waals surface area contributed by atoms with E-state index in [1.807, 2.05) is 4.90 Å². The Morgan fingerprint density at radius 1 is 1.33 bits per heavy atom. The van der Waals surface area contributed by atoms with Crippen molar-refractivity contribution in [3.8, 4) is 0 Å². The van der Waals surface area contributed by atoms with Crippen LogP contribution in [0, 0.1) is 0 Å². The molecule has 1 rings (SSSR count). The van der Waals surface area contributed by atoms with Crippen LogP contribution in [0.2, 0.25) is 0 Å². The Hall–Kier alpha value is -0.730. The first-order valence-electron chi connectivity index (χ1n) is 6.30. The second-order valence-electron chi connectivity index (χ2n) is 4.39. The Labute approximate surface area is 93.2 Å². The normalized spacial score (nSPS) is 15.5. The molecule has 0 aromatic rings. The molecule has 0 aromatic heterocycles. The van der Waals surface area contributed by atoms with Crippen LogP contribution < -0.4 is 5.32 Å². The largest absolute Gasteiger partial charge is 0.335 e. The Kier molecular flexibility index (Phi) is 4.92. The SMILES string of the molecule is CCCN(C(=O)NC1CC1)C(CC)CC. The molecule has 15 heavy (non-hydrogen) atoms. The molecule has 1 saturated carbocycles. The van der Waals surface area contributed by atoms with E-state index in [2.05, 4.69) is 26.1 Å². The van der Waals surface area contributed by atoms with Gasteiger partial charge in [0.1, 0.15) is 0 Å². The highest BCUT2D eigenvalue weighted by Gasteiger charge is 2.27. The van der Waals surface area contributed by atoms with Crippen molar-refractivity contribution in [2.75, 3.05) is 6.54 Å². The van der Waals surface area contributed by atoms with Crippen LogP contribution in [-0.2, 0) is 0 Å². The first-order chi connectivity index (χ1) is 7.22. The van der Waals surface area contributed by atoms with E-state index in [0.717, 1.165) is 38.6 Å². The lowest BCUT2D eigenvalue weighted by atomic mass is 10.1. The summed E-state index contributed by atoms with van der Waals surface area (Å²) in [5.41, 5.74) is 0. The summed E-state index contributed by atoms with van der Waals surface area (Å²) in [6, 6.07) is 1.02. The van der Waals surface area contributed by atoms with Gasteiger partial charge in [-0.3, -0.25) is 0 Å². The fourth-order valence-corrected chi connectivity index (χ4v) is 1.91. The lowest BCUT2D eigenvalue weighted by molar-refractivity contribution is 0.169. The third-order valence-corrected chi connectivity index (χ3v) is 3.01. The number of hydrogen-bond acceptors (Lipinski definition) is 1. The van der Waals surface area contributed by atoms with Crippen LogP contribution in [0.4, 0.5) is 4.79 Å². The van der Waals surface area contributed by atoms with E-state index >= 15 is 0 Å². The van der Waals surface area contributed by atoms with Gasteiger partial charge in [-0.05, 0) is 32.1 Å². The Morgan fingerprint density at radius 2 is 1.93 bits per heavy atom. The molecule has 0 spiro atoms. The zero-order chi connectivity index (χ0) is 11.3. The monoisotopic (exact) mass is 212 g/mol. The zero-order valence-corrected chi connectivity index (χ0v) is 10.3. The van der Waals surface area contributed by atoms with Crippen LogP contribution in [0.3, 0.4) is 0 Å². The lowest BCUT2D eigenvalue weighted by Crippen LogP contribution is -2.46. The van der Waals surface area contributed by atoms with Crippen molar-refractivity contribution >= 4 is 6.03 Å². The highest BCUT2D eigenvalue weighted by molar-refractivity contribution is 5.75. The van der Waals surface area contributed by atoms with Crippen molar-refractivity contribution in [3.63, 3.8) is 0 Å². The molecule has 3 nitrogen and oxygen atoms in total. The van der Waals surface area contributed by atoms with E-state index in [0.29, 0.717) is 12.1 Å². The number of rotatable bonds is 6. The summed E-state index contributed by atoms with van der Waals surface area (Å²) in [5, 5.41) is 3.07. The maximum absolute atomic E-state index is 12.0. The van der Waals surface area contributed by atoms with Crippen LogP contribution in [-0.4, -0.2) is 29.6 Å². The summed E-state index contributed by atoms with van der Waals surface area (Å²) in [7, 11) is 0. The topological polar surface area (TPSA) is 32.3 Å². The van der Waals surface area contributed by atoms with Crippen molar-refractivity contribution in [1.82, 2.24) is 10.2 Å². The van der Waals surface area contributed by atoms with Crippen LogP contribution in [0.5, 0.6) is 0 Å². The molecule has 2 amide bonds. The molecule has 0 saturated heterocycles. The molecule has 0 aromatic carbocycles. The second kappa shape index (κ2) is 5.99. The number of amides is 2. The minimum absolute atomic E-state index is 0.146. The number of carbonyl (C=O) groups excluding carboxylic acids is 1. The van der Waals surface area contributed by atoms with Gasteiger partial charge in [-0.2, -0.15) is 0 Å². The predicted molar refractivity (Wildman–Crippen MR) is 62.9 cm³/mol. The third-order valence-electron chi connectivity index (χ3n) is 3.01. The van der Waals surface area contributed by atoms with E-state index in [-0.39, 0.29) is 6.03 Å². The molecule has 1 fully saturated rings. The van der Waals surface area contributed by atoms with E-state index in [1.54, 1.807) is 0 Å². The van der Waals surface area contributed by atoms with Crippen LogP contribution in [0.25, 0.3) is 0 Å². The van der Waals surface area contributed by atoms with Gasteiger partial charge in [-0.25, -0.2) is 4.79 Å². The minimum Gasteiger partial charge on any atom is -0.335 e. The van der Waals surface area contributed by atoms with Gasteiger partial charge in [0.25, 0.3) is 0 Å². The Balaban J connectivity index is 2.48. The fraction of sp³-hybridized carbons (Fsp3) is 0.917. The van der Waals surface area contributed by atoms with Gasteiger partial charge in [0.2, 0.25) is 0 Å². The van der Waals surface area contributed by atoms with E-state index in [1.165, 1.54) is 0 Å². The van der Waals surface area contributed by atoms with Gasteiger partial charge in [0, 0.05) is 18.6 Å². The van der Waals surface area contributed by atoms with Crippen LogP contribution in [0.1, 0.15) is 52.9 Å². The average molecular weight is 212 g/mol. The van der Waals surface area contributed by atoms with Crippen LogP contribution in [0.15, 0.2) is 0 Å². The van der Waals surface area contributed by atoms with Gasteiger partial charge < -0.3 is 10.2 Å². The summed E-state index contributed by atoms with van der Waals surface area (Å²) < 4.78 is 0. The van der Waals surface area contributed by atoms with E-state index < -0.39 is 0 Å². The second-order valence-corrected chi connectivity index (χ2v) is 4.39. The lowest BCUT2D eigenvalue weighted by Gasteiger charge is -2.30. The van der Waals surface area contributed by atoms with Gasteiger partial charge >= 0.3 is 6.03 Å². The number of nitrogens with zero attached hydrogens (tertiary/aromatic N) is 1. The Morgan fingerprint density at radius 3 is 2.33 bits per heavy atom. The van der Waals surface area contributed by atoms with Gasteiger partial charge in [-0.15, -0.1) is 0 Å². The summed E-state index contributed by atoms with van der Waals surface area (Å²) in [4.78, 5) is 14.0. The van der Waals surface area contributed by atoms with Crippen molar-refractivity contribution < 1.29 is 4.79 Å². The number of nitrogens with one attached hydrogen (secondary N) is 1. The molecule has 3 heteroatoms. The quantitative estimate of drug-likeness (QED) is 0.721. The van der Waals surface area contributed by atoms with Crippen molar-refractivity contribution in [3.05, 3.63) is 0 Å². The smallest absolute Gasteiger partial charge is 0.317 e. The molecular formula is C12H24N2O. The van der Waals surface area contributed by atoms with E-state index in [9.17, 15) is 4.79 Å². The average Bonchev–Trinajstić information content (AvgIpc) is 3.02. The van der Waals surface area contributed by atoms with Crippen molar-refractivity contribution in [2.45, 2.75) is 65.0 Å². The van der Waals surface area contributed by atoms with Crippen LogP contribution >= 0.6 is 0 Å². The minimum atomic E-state index is 0.146. The summed E-state index contributed by atoms with van der Waals surface area (Å²) >= 11 is 0. The highest BCUT2D eigenvalue weighted by atomic mass is 16.2. The molecule has 0 heterocycles. The number of hydrogen-bond donors (Lipinski definition) is 1. The summed E-state index contributed by atoms with van der Waals surface area (Å²) in [6.07, 6.45) is 5.46. The molecule has 1 N–H and O–H groups in total. The zero-order valence-electron chi connectivity index (χ0n) is 10.3. The molecule has 0 bridgehead atoms. The molecule has 0 unspecified atom stereocenters. The van der Waals surface area contributed by atoms with Gasteiger partial charge in [0.15, 0.2) is 0 Å². The molecular weight excluding hydrogens is 188 g/mol. The first-order valence-corrected chi connectivity index (χ1v) is 6.30. The third kappa shape index (κ3) is 3.73. The molecule has 1 aliphatic carbocycles. The van der Waals surface area contributed by atoms with Crippen molar-refractivity contribution in [1.29, 1.82) is 0 Å². The molecule has 1 aliphatic rings. The molecule has 0 radical (unpaired) electrons. The molecule has 88 valence electrons. The predicted octanol–water partition coefficient (Wildman–Crippen LogP) is 2.76. The van der Waals surface area contributed by atoms with E-state index in [4.69, 9.17) is 0 Å². The number of urea groups is 1. The maximum atomic E-state index is 12.0. The maximum Gasteiger partial charge on any atom is 0.317 e. The number of carbonyl (C=O) groups is 1. The summed E-state index contributed by atoms with van der Waals surface area (Å²) in [5.74, 6) is 0. The van der Waals surface area contributed by atoms with Crippen molar-refractivity contribution in [2.24, 2.45) is 0 Å². The molecule has 0 atom stereocenters. The van der Waals surface area contributed by atoms with Gasteiger partial charge in [0.05, 0.1) is 0 Å².